The molecule has 198 valence electrons. The molecule has 0 aliphatic carbocycles. The summed E-state index contributed by atoms with van der Waals surface area (Å²) in [4.78, 5) is 29.1. The first kappa shape index (κ1) is 28.3. The fourth-order valence-electron chi connectivity index (χ4n) is 4.73. The van der Waals surface area contributed by atoms with E-state index in [0.717, 1.165) is 4.57 Å². The van der Waals surface area contributed by atoms with Crippen molar-refractivity contribution in [1.82, 2.24) is 9.55 Å². The van der Waals surface area contributed by atoms with Gasteiger partial charge in [-0.05, 0) is 49.0 Å². The lowest BCUT2D eigenvalue weighted by molar-refractivity contribution is -0.157. The zero-order chi connectivity index (χ0) is 27.3. The Balaban J connectivity index is 1.90. The molecule has 1 N–H and O–H groups in total. The van der Waals surface area contributed by atoms with Gasteiger partial charge in [-0.1, -0.05) is 81.4 Å². The summed E-state index contributed by atoms with van der Waals surface area (Å²) >= 11 is 0. The monoisotopic (exact) mass is 522 g/mol. The summed E-state index contributed by atoms with van der Waals surface area (Å²) in [5.41, 5.74) is -0.707. The third-order valence-electron chi connectivity index (χ3n) is 6.25. The number of aromatic nitrogens is 2. The molecule has 8 heteroatoms. The van der Waals surface area contributed by atoms with E-state index in [-0.39, 0.29) is 10.9 Å². The van der Waals surface area contributed by atoms with Crippen LogP contribution in [0.4, 0.5) is 4.79 Å². The topological polar surface area (TPSA) is 90.7 Å². The summed E-state index contributed by atoms with van der Waals surface area (Å²) in [7, 11) is -2.71. The number of esters is 1. The molecular weight excluding hydrogens is 484 g/mol. The van der Waals surface area contributed by atoms with Gasteiger partial charge in [0.2, 0.25) is 0 Å². The van der Waals surface area contributed by atoms with E-state index < -0.39 is 31.9 Å². The molecule has 3 aromatic rings. The first-order valence-corrected chi connectivity index (χ1v) is 14.5. The fraction of sp³-hybridized carbons (Fsp3) is 0.414. The summed E-state index contributed by atoms with van der Waals surface area (Å²) in [6.07, 6.45) is 2.41. The van der Waals surface area contributed by atoms with Gasteiger partial charge in [0.05, 0.1) is 0 Å². The molecule has 1 heterocycles. The van der Waals surface area contributed by atoms with Crippen LogP contribution in [0, 0.1) is 0 Å². The lowest BCUT2D eigenvalue weighted by Crippen LogP contribution is -2.66. The van der Waals surface area contributed by atoms with Crippen molar-refractivity contribution < 1.29 is 23.9 Å². The third kappa shape index (κ3) is 6.56. The van der Waals surface area contributed by atoms with Crippen LogP contribution in [0.25, 0.3) is 0 Å². The Labute approximate surface area is 220 Å². The van der Waals surface area contributed by atoms with E-state index >= 15 is 0 Å². The van der Waals surface area contributed by atoms with Gasteiger partial charge in [0.15, 0.2) is 0 Å². The minimum absolute atomic E-state index is 0.159. The molecule has 0 aliphatic rings. The Hall–Kier alpha value is -3.23. The van der Waals surface area contributed by atoms with Crippen molar-refractivity contribution in [3.63, 3.8) is 0 Å². The second kappa shape index (κ2) is 11.4. The highest BCUT2D eigenvalue weighted by molar-refractivity contribution is 6.99. The van der Waals surface area contributed by atoms with Crippen LogP contribution in [-0.4, -0.2) is 47.2 Å². The highest BCUT2D eigenvalue weighted by Crippen LogP contribution is 2.37. The molecule has 0 bridgehead atoms. The van der Waals surface area contributed by atoms with Crippen LogP contribution in [-0.2, 0) is 14.0 Å². The van der Waals surface area contributed by atoms with E-state index in [1.165, 1.54) is 22.8 Å². The number of rotatable bonds is 9. The van der Waals surface area contributed by atoms with Crippen LogP contribution < -0.4 is 10.4 Å². The van der Waals surface area contributed by atoms with Crippen molar-refractivity contribution in [2.45, 2.75) is 70.9 Å². The van der Waals surface area contributed by atoms with E-state index in [1.54, 1.807) is 20.8 Å². The summed E-state index contributed by atoms with van der Waals surface area (Å²) in [5, 5.41) is 11.8. The van der Waals surface area contributed by atoms with Crippen molar-refractivity contribution in [2.75, 3.05) is 6.61 Å². The number of carbonyl (C=O) groups excluding carboxylic acids is 1. The third-order valence-corrected chi connectivity index (χ3v) is 11.3. The van der Waals surface area contributed by atoms with Gasteiger partial charge in [-0.2, -0.15) is 0 Å². The number of imidazole rings is 1. The maximum atomic E-state index is 13.1. The number of hydrogen-bond donors (Lipinski definition) is 1. The van der Waals surface area contributed by atoms with E-state index in [4.69, 9.17) is 9.16 Å². The van der Waals surface area contributed by atoms with E-state index in [9.17, 15) is 14.7 Å². The fourth-order valence-corrected chi connectivity index (χ4v) is 9.34. The van der Waals surface area contributed by atoms with E-state index in [0.29, 0.717) is 19.4 Å². The van der Waals surface area contributed by atoms with Crippen LogP contribution in [0.15, 0.2) is 73.1 Å². The van der Waals surface area contributed by atoms with Crippen LogP contribution >= 0.6 is 0 Å². The molecule has 1 atom stereocenters. The Morgan fingerprint density at radius 1 is 0.946 bits per heavy atom. The lowest BCUT2D eigenvalue weighted by Gasteiger charge is -2.43. The average Bonchev–Trinajstić information content (AvgIpc) is 3.30. The summed E-state index contributed by atoms with van der Waals surface area (Å²) in [5.74, 6) is -1.16. The smallest absolute Gasteiger partial charge is 0.417 e. The maximum absolute atomic E-state index is 13.1. The molecule has 0 spiro atoms. The van der Waals surface area contributed by atoms with Gasteiger partial charge in [-0.3, -0.25) is 4.79 Å². The van der Waals surface area contributed by atoms with Crippen LogP contribution in [0.5, 0.6) is 0 Å². The molecular formula is C29H38N2O5Si. The summed E-state index contributed by atoms with van der Waals surface area (Å²) in [6.45, 7) is 12.4. The predicted molar refractivity (Wildman–Crippen MR) is 147 cm³/mol. The van der Waals surface area contributed by atoms with E-state index in [2.05, 4.69) is 50.0 Å². The van der Waals surface area contributed by atoms with Crippen molar-refractivity contribution in [3.05, 3.63) is 78.9 Å². The molecule has 37 heavy (non-hydrogen) atoms. The quantitative estimate of drug-likeness (QED) is 0.236. The number of nitrogens with zero attached hydrogens (tertiary/aromatic N) is 2. The number of hydrogen-bond acceptors (Lipinski definition) is 5. The molecule has 0 aliphatic heterocycles. The van der Waals surface area contributed by atoms with Crippen molar-refractivity contribution >= 4 is 30.8 Å². The van der Waals surface area contributed by atoms with Gasteiger partial charge >= 0.3 is 12.1 Å². The van der Waals surface area contributed by atoms with Crippen LogP contribution in [0.3, 0.4) is 0 Å². The van der Waals surface area contributed by atoms with Crippen LogP contribution in [0.1, 0.15) is 66.1 Å². The summed E-state index contributed by atoms with van der Waals surface area (Å²) < 4.78 is 13.6. The molecule has 1 aromatic heterocycles. The molecule has 0 amide bonds. The van der Waals surface area contributed by atoms with Crippen molar-refractivity contribution in [3.8, 4) is 0 Å². The minimum Gasteiger partial charge on any atom is -0.464 e. The minimum atomic E-state index is -2.71. The van der Waals surface area contributed by atoms with Crippen molar-refractivity contribution in [2.24, 2.45) is 0 Å². The van der Waals surface area contributed by atoms with Crippen LogP contribution in [0.2, 0.25) is 5.04 Å². The van der Waals surface area contributed by atoms with Gasteiger partial charge in [-0.25, -0.2) is 14.3 Å². The van der Waals surface area contributed by atoms with Gasteiger partial charge in [0.25, 0.3) is 8.32 Å². The highest BCUT2D eigenvalue weighted by Gasteiger charge is 2.50. The SMILES string of the molecule is CC(C)(C)OC(=O)[C@@H](CCCO[Si](c1ccccc1)(c1ccccc1)C(C)(C)C)c1nccn1C(=O)O. The summed E-state index contributed by atoms with van der Waals surface area (Å²) in [6, 6.07) is 20.7. The Bertz CT molecular complexity index is 1140. The first-order chi connectivity index (χ1) is 17.4. The molecule has 0 saturated heterocycles. The maximum Gasteiger partial charge on any atom is 0.417 e. The first-order valence-electron chi connectivity index (χ1n) is 12.6. The number of ether oxygens (including phenoxy) is 1. The molecule has 0 unspecified atom stereocenters. The Kier molecular flexibility index (Phi) is 8.76. The Morgan fingerprint density at radius 3 is 1.95 bits per heavy atom. The molecule has 0 fully saturated rings. The lowest BCUT2D eigenvalue weighted by atomic mass is 10.0. The van der Waals surface area contributed by atoms with Gasteiger partial charge < -0.3 is 14.3 Å². The molecule has 0 saturated carbocycles. The number of carboxylic acid groups (broad SMARTS) is 1. The molecule has 0 radical (unpaired) electrons. The normalized spacial score (nSPS) is 13.2. The number of carbonyl (C=O) groups is 2. The Morgan fingerprint density at radius 2 is 1.49 bits per heavy atom. The average molecular weight is 523 g/mol. The zero-order valence-electron chi connectivity index (χ0n) is 22.6. The highest BCUT2D eigenvalue weighted by atomic mass is 28.4. The van der Waals surface area contributed by atoms with Crippen molar-refractivity contribution in [1.29, 1.82) is 0 Å². The molecule has 2 aromatic carbocycles. The zero-order valence-corrected chi connectivity index (χ0v) is 23.6. The predicted octanol–water partition coefficient (Wildman–Crippen LogP) is 5.19. The molecule has 3 rings (SSSR count). The van der Waals surface area contributed by atoms with Gasteiger partial charge in [0, 0.05) is 19.0 Å². The largest absolute Gasteiger partial charge is 0.464 e. The molecule has 7 nitrogen and oxygen atoms in total. The number of benzene rings is 2. The van der Waals surface area contributed by atoms with E-state index in [1.807, 2.05) is 36.4 Å². The van der Waals surface area contributed by atoms with Gasteiger partial charge in [-0.15, -0.1) is 0 Å². The second-order valence-corrected chi connectivity index (χ2v) is 15.5. The second-order valence-electron chi connectivity index (χ2n) is 11.2. The van der Waals surface area contributed by atoms with Gasteiger partial charge in [0.1, 0.15) is 17.3 Å². The standard InChI is InChI=1S/C29H38N2O5Si/c1-28(2,3)36-26(32)24(25-30-19-20-31(25)27(33)34)18-13-21-35-37(29(4,5)6,22-14-9-7-10-15-22)23-16-11-8-12-17-23/h7-12,14-17,19-20,24H,13,18,21H2,1-6H3,(H,33,34)/t24-/m0/s1.